The predicted molar refractivity (Wildman–Crippen MR) is 95.2 cm³/mol. The molecule has 0 bridgehead atoms. The molecule has 25 heavy (non-hydrogen) atoms. The second-order valence-corrected chi connectivity index (χ2v) is 9.26. The Hall–Kier alpha value is -2.15. The van der Waals surface area contributed by atoms with Crippen LogP contribution in [0.4, 0.5) is 0 Å². The van der Waals surface area contributed by atoms with Crippen LogP contribution in [0.3, 0.4) is 0 Å². The van der Waals surface area contributed by atoms with E-state index in [1.54, 1.807) is 10.7 Å². The molecule has 2 fully saturated rings. The van der Waals surface area contributed by atoms with Crippen molar-refractivity contribution in [2.75, 3.05) is 11.5 Å². The van der Waals surface area contributed by atoms with Gasteiger partial charge >= 0.3 is 0 Å². The lowest BCUT2D eigenvalue weighted by molar-refractivity contribution is 0.0945. The summed E-state index contributed by atoms with van der Waals surface area (Å²) in [5, 5.41) is 7.42. The Morgan fingerprint density at radius 1 is 1.20 bits per heavy atom. The highest BCUT2D eigenvalue weighted by atomic mass is 32.2. The summed E-state index contributed by atoms with van der Waals surface area (Å²) in [6.45, 7) is 2.01. The molecule has 1 amide bonds. The summed E-state index contributed by atoms with van der Waals surface area (Å²) in [4.78, 5) is 12.4. The number of carbonyl (C=O) groups is 1. The molecule has 1 N–H and O–H groups in total. The van der Waals surface area contributed by atoms with Crippen LogP contribution in [0.15, 0.2) is 30.3 Å². The molecule has 0 unspecified atom stereocenters. The highest BCUT2D eigenvalue weighted by Crippen LogP contribution is 2.30. The topological polar surface area (TPSA) is 81.1 Å². The first kappa shape index (κ1) is 16.3. The van der Waals surface area contributed by atoms with Crippen molar-refractivity contribution < 1.29 is 13.2 Å². The molecule has 4 rings (SSSR count). The maximum Gasteiger partial charge on any atom is 0.272 e. The molecule has 1 aromatic carbocycles. The summed E-state index contributed by atoms with van der Waals surface area (Å²) in [7, 11) is -3.03. The minimum absolute atomic E-state index is 0.0806. The molecule has 2 heterocycles. The summed E-state index contributed by atoms with van der Waals surface area (Å²) >= 11 is 0. The molecule has 1 aliphatic carbocycles. The summed E-state index contributed by atoms with van der Waals surface area (Å²) in [5.74, 6) is 0.0709. The maximum absolute atomic E-state index is 12.4. The van der Waals surface area contributed by atoms with Crippen LogP contribution in [0.25, 0.3) is 11.3 Å². The molecule has 1 saturated heterocycles. The number of carbonyl (C=O) groups excluding carboxylic acids is 1. The van der Waals surface area contributed by atoms with Crippen molar-refractivity contribution in [2.24, 2.45) is 0 Å². The molecule has 6 nitrogen and oxygen atoms in total. The third-order valence-corrected chi connectivity index (χ3v) is 6.53. The van der Waals surface area contributed by atoms with Gasteiger partial charge in [0.2, 0.25) is 0 Å². The van der Waals surface area contributed by atoms with Gasteiger partial charge in [0.15, 0.2) is 15.5 Å². The standard InChI is InChI=1S/C18H21N3O3S/c1-12-2-4-13(5-3-12)17-10-16(18(22)19-14-6-7-14)20-21(17)15-8-9-25(23,24)11-15/h2-5,10,14-15H,6-9,11H2,1H3,(H,19,22)/t15-/m0/s1. The highest BCUT2D eigenvalue weighted by molar-refractivity contribution is 7.91. The van der Waals surface area contributed by atoms with E-state index in [0.29, 0.717) is 12.1 Å². The van der Waals surface area contributed by atoms with E-state index < -0.39 is 9.84 Å². The largest absolute Gasteiger partial charge is 0.348 e. The number of aromatic nitrogens is 2. The summed E-state index contributed by atoms with van der Waals surface area (Å²) < 4.78 is 25.5. The van der Waals surface area contributed by atoms with Crippen molar-refractivity contribution in [2.45, 2.75) is 38.3 Å². The minimum atomic E-state index is -3.03. The van der Waals surface area contributed by atoms with Crippen molar-refractivity contribution in [3.63, 3.8) is 0 Å². The van der Waals surface area contributed by atoms with Gasteiger partial charge in [0.1, 0.15) is 0 Å². The van der Waals surface area contributed by atoms with E-state index in [0.717, 1.165) is 29.7 Å². The summed E-state index contributed by atoms with van der Waals surface area (Å²) in [6.07, 6.45) is 2.56. The van der Waals surface area contributed by atoms with Crippen molar-refractivity contribution in [3.8, 4) is 11.3 Å². The van der Waals surface area contributed by atoms with E-state index >= 15 is 0 Å². The third-order valence-electron chi connectivity index (χ3n) is 4.78. The van der Waals surface area contributed by atoms with Crippen molar-refractivity contribution in [1.82, 2.24) is 15.1 Å². The molecule has 2 aromatic rings. The van der Waals surface area contributed by atoms with Crippen molar-refractivity contribution in [3.05, 3.63) is 41.6 Å². The molecule has 1 atom stereocenters. The van der Waals surface area contributed by atoms with Gasteiger partial charge in [-0.2, -0.15) is 5.10 Å². The van der Waals surface area contributed by atoms with Crippen LogP contribution >= 0.6 is 0 Å². The average Bonchev–Trinajstić information content (AvgIpc) is 3.14. The van der Waals surface area contributed by atoms with Gasteiger partial charge in [-0.1, -0.05) is 29.8 Å². The summed E-state index contributed by atoms with van der Waals surface area (Å²) in [6, 6.07) is 9.78. The van der Waals surface area contributed by atoms with Gasteiger partial charge in [0.05, 0.1) is 23.2 Å². The van der Waals surface area contributed by atoms with Crippen molar-refractivity contribution in [1.29, 1.82) is 0 Å². The number of rotatable bonds is 4. The quantitative estimate of drug-likeness (QED) is 0.906. The van der Waals surface area contributed by atoms with Gasteiger partial charge in [-0.3, -0.25) is 9.48 Å². The fourth-order valence-electron chi connectivity index (χ4n) is 3.18. The molecule has 7 heteroatoms. The van der Waals surface area contributed by atoms with Crippen LogP contribution < -0.4 is 5.32 Å². The van der Waals surface area contributed by atoms with Gasteiger partial charge in [-0.05, 0) is 37.8 Å². The second-order valence-electron chi connectivity index (χ2n) is 7.03. The van der Waals surface area contributed by atoms with Gasteiger partial charge in [0.25, 0.3) is 5.91 Å². The molecule has 2 aliphatic rings. The lowest BCUT2D eigenvalue weighted by Gasteiger charge is -2.13. The van der Waals surface area contributed by atoms with E-state index in [1.165, 1.54) is 0 Å². The Morgan fingerprint density at radius 2 is 1.92 bits per heavy atom. The number of aryl methyl sites for hydroxylation is 1. The first-order valence-corrected chi connectivity index (χ1v) is 10.4. The van der Waals surface area contributed by atoms with Crippen LogP contribution in [0.2, 0.25) is 0 Å². The predicted octanol–water partition coefficient (Wildman–Crippen LogP) is 2.11. The fourth-order valence-corrected chi connectivity index (χ4v) is 4.87. The van der Waals surface area contributed by atoms with E-state index in [9.17, 15) is 13.2 Å². The SMILES string of the molecule is Cc1ccc(-c2cc(C(=O)NC3CC3)nn2[C@H]2CCS(=O)(=O)C2)cc1. The van der Waals surface area contributed by atoms with Gasteiger partial charge in [0, 0.05) is 6.04 Å². The maximum atomic E-state index is 12.4. The Bertz CT molecular complexity index is 912. The molecule has 1 aromatic heterocycles. The second kappa shape index (κ2) is 5.98. The molecular weight excluding hydrogens is 338 g/mol. The smallest absolute Gasteiger partial charge is 0.272 e. The first-order valence-electron chi connectivity index (χ1n) is 8.59. The van der Waals surface area contributed by atoms with Crippen molar-refractivity contribution >= 4 is 15.7 Å². The molecular formula is C18H21N3O3S. The van der Waals surface area contributed by atoms with Crippen LogP contribution in [-0.4, -0.2) is 41.7 Å². The Kier molecular flexibility index (Phi) is 3.91. The molecule has 0 spiro atoms. The van der Waals surface area contributed by atoms with E-state index in [4.69, 9.17) is 0 Å². The lowest BCUT2D eigenvalue weighted by Crippen LogP contribution is -2.26. The monoisotopic (exact) mass is 359 g/mol. The van der Waals surface area contributed by atoms with Gasteiger partial charge < -0.3 is 5.32 Å². The number of benzene rings is 1. The Labute approximate surface area is 147 Å². The lowest BCUT2D eigenvalue weighted by atomic mass is 10.1. The minimum Gasteiger partial charge on any atom is -0.348 e. The van der Waals surface area contributed by atoms with Gasteiger partial charge in [-0.15, -0.1) is 0 Å². The van der Waals surface area contributed by atoms with Crippen LogP contribution in [-0.2, 0) is 9.84 Å². The average molecular weight is 359 g/mol. The Balaban J connectivity index is 1.72. The number of amides is 1. The summed E-state index contributed by atoms with van der Waals surface area (Å²) in [5.41, 5.74) is 3.23. The zero-order valence-electron chi connectivity index (χ0n) is 14.1. The molecule has 1 saturated carbocycles. The van der Waals surface area contributed by atoms with E-state index in [-0.39, 0.29) is 29.5 Å². The third kappa shape index (κ3) is 3.46. The molecule has 1 aliphatic heterocycles. The first-order chi connectivity index (χ1) is 11.9. The van der Waals surface area contributed by atoms with Crippen LogP contribution in [0.5, 0.6) is 0 Å². The Morgan fingerprint density at radius 3 is 2.52 bits per heavy atom. The number of nitrogens with zero attached hydrogens (tertiary/aromatic N) is 2. The normalized spacial score (nSPS) is 22.0. The molecule has 132 valence electrons. The van der Waals surface area contributed by atoms with E-state index in [1.807, 2.05) is 31.2 Å². The number of hydrogen-bond donors (Lipinski definition) is 1. The fraction of sp³-hybridized carbons (Fsp3) is 0.444. The number of hydrogen-bond acceptors (Lipinski definition) is 4. The number of sulfone groups is 1. The zero-order valence-corrected chi connectivity index (χ0v) is 14.9. The van der Waals surface area contributed by atoms with Crippen LogP contribution in [0, 0.1) is 6.92 Å². The van der Waals surface area contributed by atoms with Gasteiger partial charge in [-0.25, -0.2) is 8.42 Å². The number of nitrogens with one attached hydrogen (secondary N) is 1. The van der Waals surface area contributed by atoms with Crippen LogP contribution in [0.1, 0.15) is 41.4 Å². The van der Waals surface area contributed by atoms with E-state index in [2.05, 4.69) is 10.4 Å². The highest BCUT2D eigenvalue weighted by Gasteiger charge is 2.32. The zero-order chi connectivity index (χ0) is 17.6. The molecule has 0 radical (unpaired) electrons.